The number of rotatable bonds is 6. The van der Waals surface area contributed by atoms with Gasteiger partial charge >= 0.3 is 5.97 Å². The lowest BCUT2D eigenvalue weighted by molar-refractivity contribution is -0.142. The van der Waals surface area contributed by atoms with Crippen LogP contribution in [0, 0.1) is 17.1 Å². The lowest BCUT2D eigenvalue weighted by atomic mass is 10.1. The van der Waals surface area contributed by atoms with Crippen LogP contribution in [0.3, 0.4) is 0 Å². The van der Waals surface area contributed by atoms with E-state index in [1.54, 1.807) is 18.2 Å². The molecular formula is C18H12Br2FN3O4. The number of nitriles is 1. The maximum atomic E-state index is 13.8. The summed E-state index contributed by atoms with van der Waals surface area (Å²) >= 11 is 6.64. The molecule has 10 heteroatoms. The second-order valence-electron chi connectivity index (χ2n) is 5.18. The predicted molar refractivity (Wildman–Crippen MR) is 106 cm³/mol. The Labute approximate surface area is 176 Å². The van der Waals surface area contributed by atoms with Crippen molar-refractivity contribution in [3.63, 3.8) is 0 Å². The van der Waals surface area contributed by atoms with Crippen molar-refractivity contribution in [2.45, 2.75) is 0 Å². The Bertz CT molecular complexity index is 966. The molecule has 2 aromatic rings. The van der Waals surface area contributed by atoms with Crippen LogP contribution >= 0.6 is 31.9 Å². The summed E-state index contributed by atoms with van der Waals surface area (Å²) in [6.07, 6.45) is 1.35. The smallest absolute Gasteiger partial charge is 0.343 e. The first-order chi connectivity index (χ1) is 13.3. The normalized spacial score (nSPS) is 10.4. The molecule has 1 amide bonds. The maximum absolute atomic E-state index is 13.8. The van der Waals surface area contributed by atoms with Gasteiger partial charge in [-0.05, 0) is 67.8 Å². The standard InChI is InChI=1S/C18H12Br2FN3O4/c1-27-16(25)9-28-17-13(19)4-11(5-14(17)20)8-23-24-18(26)12-3-2-10(7-22)6-15(12)21/h2-6,8H,9H2,1H3,(H,24,26)/b23-8-. The molecule has 2 aromatic carbocycles. The molecule has 0 spiro atoms. The summed E-state index contributed by atoms with van der Waals surface area (Å²) in [6, 6.07) is 8.60. The van der Waals surface area contributed by atoms with Gasteiger partial charge in [0.1, 0.15) is 11.6 Å². The fourth-order valence-corrected chi connectivity index (χ4v) is 3.43. The van der Waals surface area contributed by atoms with Gasteiger partial charge in [-0.15, -0.1) is 0 Å². The highest BCUT2D eigenvalue weighted by atomic mass is 79.9. The van der Waals surface area contributed by atoms with Crippen LogP contribution in [-0.4, -0.2) is 31.8 Å². The van der Waals surface area contributed by atoms with Crippen molar-refractivity contribution >= 4 is 50.0 Å². The minimum Gasteiger partial charge on any atom is -0.480 e. The summed E-state index contributed by atoms with van der Waals surface area (Å²) < 4.78 is 24.8. The Morgan fingerprint density at radius 2 is 1.96 bits per heavy atom. The van der Waals surface area contributed by atoms with E-state index in [-0.39, 0.29) is 17.7 Å². The van der Waals surface area contributed by atoms with Crippen molar-refractivity contribution in [2.24, 2.45) is 5.10 Å². The zero-order chi connectivity index (χ0) is 20.7. The number of halogens is 3. The molecule has 0 saturated carbocycles. The van der Waals surface area contributed by atoms with E-state index in [1.807, 2.05) is 0 Å². The van der Waals surface area contributed by atoms with Gasteiger partial charge in [0.05, 0.1) is 39.5 Å². The molecule has 0 atom stereocenters. The largest absolute Gasteiger partial charge is 0.480 e. The summed E-state index contributed by atoms with van der Waals surface area (Å²) in [5.74, 6) is -1.70. The number of carbonyl (C=O) groups is 2. The Balaban J connectivity index is 2.07. The van der Waals surface area contributed by atoms with Crippen LogP contribution in [0.25, 0.3) is 0 Å². The second kappa shape index (κ2) is 9.96. The molecule has 0 fully saturated rings. The quantitative estimate of drug-likeness (QED) is 0.362. The van der Waals surface area contributed by atoms with Crippen LogP contribution in [0.2, 0.25) is 0 Å². The Morgan fingerprint density at radius 1 is 1.29 bits per heavy atom. The lowest BCUT2D eigenvalue weighted by Gasteiger charge is -2.10. The maximum Gasteiger partial charge on any atom is 0.343 e. The minimum absolute atomic E-state index is 0.113. The zero-order valence-corrected chi connectivity index (χ0v) is 17.5. The van der Waals surface area contributed by atoms with Crippen molar-refractivity contribution in [2.75, 3.05) is 13.7 Å². The highest BCUT2D eigenvalue weighted by molar-refractivity contribution is 9.11. The number of methoxy groups -OCH3 is 1. The number of esters is 1. The van der Waals surface area contributed by atoms with Gasteiger partial charge in [0, 0.05) is 0 Å². The summed E-state index contributed by atoms with van der Waals surface area (Å²) in [7, 11) is 1.26. The number of carbonyl (C=O) groups excluding carboxylic acids is 2. The average Bonchev–Trinajstić information content (AvgIpc) is 2.66. The molecule has 0 unspecified atom stereocenters. The molecule has 0 radical (unpaired) electrons. The molecule has 0 saturated heterocycles. The van der Waals surface area contributed by atoms with E-state index in [1.165, 1.54) is 25.5 Å². The van der Waals surface area contributed by atoms with Gasteiger partial charge in [-0.3, -0.25) is 4.79 Å². The molecule has 7 nitrogen and oxygen atoms in total. The first-order valence-corrected chi connectivity index (χ1v) is 9.16. The van der Waals surface area contributed by atoms with E-state index in [0.717, 1.165) is 6.07 Å². The molecule has 0 aliphatic rings. The van der Waals surface area contributed by atoms with Crippen molar-refractivity contribution in [1.82, 2.24) is 5.43 Å². The third-order valence-electron chi connectivity index (χ3n) is 3.31. The number of hydrogen-bond donors (Lipinski definition) is 1. The molecule has 0 heterocycles. The summed E-state index contributed by atoms with van der Waals surface area (Å²) in [4.78, 5) is 23.2. The molecule has 1 N–H and O–H groups in total. The van der Waals surface area contributed by atoms with Gasteiger partial charge in [0.25, 0.3) is 5.91 Å². The Hall–Kier alpha value is -2.77. The summed E-state index contributed by atoms with van der Waals surface area (Å²) in [5.41, 5.74) is 2.68. The topological polar surface area (TPSA) is 101 Å². The SMILES string of the molecule is COC(=O)COc1c(Br)cc(/C=N\NC(=O)c2ccc(C#N)cc2F)cc1Br. The summed E-state index contributed by atoms with van der Waals surface area (Å²) in [6.45, 7) is -0.257. The van der Waals surface area contributed by atoms with Gasteiger partial charge < -0.3 is 9.47 Å². The molecule has 28 heavy (non-hydrogen) atoms. The summed E-state index contributed by atoms with van der Waals surface area (Å²) in [5, 5.41) is 12.5. The highest BCUT2D eigenvalue weighted by Crippen LogP contribution is 2.34. The van der Waals surface area contributed by atoms with Crippen LogP contribution in [0.1, 0.15) is 21.5 Å². The van der Waals surface area contributed by atoms with E-state index >= 15 is 0 Å². The van der Waals surface area contributed by atoms with Gasteiger partial charge in [0.15, 0.2) is 6.61 Å². The average molecular weight is 513 g/mol. The number of hydrogen-bond acceptors (Lipinski definition) is 6. The number of nitrogens with one attached hydrogen (secondary N) is 1. The number of benzene rings is 2. The van der Waals surface area contributed by atoms with Crippen molar-refractivity contribution in [1.29, 1.82) is 5.26 Å². The fourth-order valence-electron chi connectivity index (χ4n) is 1.98. The van der Waals surface area contributed by atoms with E-state index in [9.17, 15) is 14.0 Å². The lowest BCUT2D eigenvalue weighted by Crippen LogP contribution is -2.19. The second-order valence-corrected chi connectivity index (χ2v) is 6.89. The molecule has 0 aliphatic carbocycles. The monoisotopic (exact) mass is 511 g/mol. The Morgan fingerprint density at radius 3 is 2.54 bits per heavy atom. The van der Waals surface area contributed by atoms with Crippen molar-refractivity contribution in [3.05, 3.63) is 61.8 Å². The fraction of sp³-hybridized carbons (Fsp3) is 0.111. The van der Waals surface area contributed by atoms with E-state index in [4.69, 9.17) is 10.00 Å². The third kappa shape index (κ3) is 5.61. The number of nitrogens with zero attached hydrogens (tertiary/aromatic N) is 2. The van der Waals surface area contributed by atoms with Gasteiger partial charge in [-0.25, -0.2) is 14.6 Å². The predicted octanol–water partition coefficient (Wildman–Crippen LogP) is 3.54. The molecule has 0 aliphatic heterocycles. The van der Waals surface area contributed by atoms with Crippen LogP contribution in [0.5, 0.6) is 5.75 Å². The van der Waals surface area contributed by atoms with Gasteiger partial charge in [-0.1, -0.05) is 0 Å². The highest BCUT2D eigenvalue weighted by Gasteiger charge is 2.13. The minimum atomic E-state index is -0.815. The molecule has 144 valence electrons. The van der Waals surface area contributed by atoms with E-state index < -0.39 is 17.7 Å². The van der Waals surface area contributed by atoms with Crippen LogP contribution in [0.4, 0.5) is 4.39 Å². The van der Waals surface area contributed by atoms with Crippen molar-refractivity contribution < 1.29 is 23.5 Å². The number of amides is 1. The first kappa shape index (κ1) is 21.5. The van der Waals surface area contributed by atoms with Gasteiger partial charge in [0.2, 0.25) is 0 Å². The zero-order valence-electron chi connectivity index (χ0n) is 14.3. The van der Waals surface area contributed by atoms with Crippen LogP contribution in [-0.2, 0) is 9.53 Å². The van der Waals surface area contributed by atoms with Gasteiger partial charge in [-0.2, -0.15) is 10.4 Å². The number of ether oxygens (including phenoxy) is 2. The van der Waals surface area contributed by atoms with Crippen LogP contribution in [0.15, 0.2) is 44.4 Å². The Kier molecular flexibility index (Phi) is 7.66. The van der Waals surface area contributed by atoms with E-state index in [2.05, 4.69) is 47.1 Å². The first-order valence-electron chi connectivity index (χ1n) is 7.57. The third-order valence-corrected chi connectivity index (χ3v) is 4.48. The number of hydrazone groups is 1. The molecule has 2 rings (SSSR count). The molecule has 0 aromatic heterocycles. The van der Waals surface area contributed by atoms with Crippen molar-refractivity contribution in [3.8, 4) is 11.8 Å². The molecular weight excluding hydrogens is 501 g/mol. The molecule has 0 bridgehead atoms. The van der Waals surface area contributed by atoms with E-state index in [0.29, 0.717) is 20.3 Å². The van der Waals surface area contributed by atoms with Crippen LogP contribution < -0.4 is 10.2 Å².